The van der Waals surface area contributed by atoms with Crippen molar-refractivity contribution in [3.8, 4) is 0 Å². The van der Waals surface area contributed by atoms with Crippen LogP contribution in [0.5, 0.6) is 0 Å². The summed E-state index contributed by atoms with van der Waals surface area (Å²) in [7, 11) is 0. The number of cyclic esters (lactones) is 1. The molecule has 1 spiro atoms. The standard InChI is InChI=1S/C22H27NO2/c24-21-23(19(15-25-21)12-16-6-2-1-3-7-16)20-14-22-10-5-4-8-18(22)13-17(20)9-11-22/h1-3,6-7,14,17-19H,4-5,8-13,15H2/t17-,18-,19-,22-/m1/s1. The van der Waals surface area contributed by atoms with Gasteiger partial charge in [-0.3, -0.25) is 4.90 Å². The summed E-state index contributed by atoms with van der Waals surface area (Å²) >= 11 is 0. The Kier molecular flexibility index (Phi) is 3.65. The van der Waals surface area contributed by atoms with E-state index in [1.165, 1.54) is 56.2 Å². The average molecular weight is 337 g/mol. The monoisotopic (exact) mass is 337 g/mol. The topological polar surface area (TPSA) is 29.5 Å². The van der Waals surface area contributed by atoms with Gasteiger partial charge in [-0.25, -0.2) is 4.79 Å². The van der Waals surface area contributed by atoms with Crippen LogP contribution in [0.2, 0.25) is 0 Å². The lowest BCUT2D eigenvalue weighted by molar-refractivity contribution is 0.0399. The van der Waals surface area contributed by atoms with Gasteiger partial charge in [-0.05, 0) is 61.3 Å². The zero-order chi connectivity index (χ0) is 16.9. The molecule has 0 radical (unpaired) electrons. The van der Waals surface area contributed by atoms with E-state index >= 15 is 0 Å². The molecule has 3 nitrogen and oxygen atoms in total. The summed E-state index contributed by atoms with van der Waals surface area (Å²) in [5.41, 5.74) is 2.96. The highest BCUT2D eigenvalue weighted by atomic mass is 16.6. The molecule has 4 aliphatic carbocycles. The number of hydrogen-bond donors (Lipinski definition) is 0. The number of rotatable bonds is 3. The van der Waals surface area contributed by atoms with Crippen molar-refractivity contribution in [2.75, 3.05) is 6.61 Å². The third-order valence-corrected chi connectivity index (χ3v) is 7.19. The Bertz CT molecular complexity index is 697. The fourth-order valence-electron chi connectivity index (χ4n) is 5.95. The maximum absolute atomic E-state index is 12.6. The van der Waals surface area contributed by atoms with Gasteiger partial charge < -0.3 is 4.74 Å². The van der Waals surface area contributed by atoms with Crippen molar-refractivity contribution in [3.63, 3.8) is 0 Å². The lowest BCUT2D eigenvalue weighted by Gasteiger charge is -2.54. The van der Waals surface area contributed by atoms with Crippen LogP contribution in [0, 0.1) is 17.3 Å². The molecule has 2 saturated carbocycles. The van der Waals surface area contributed by atoms with Crippen LogP contribution in [0.4, 0.5) is 4.79 Å². The van der Waals surface area contributed by atoms with Gasteiger partial charge in [-0.1, -0.05) is 49.2 Å². The van der Waals surface area contributed by atoms with E-state index in [1.807, 2.05) is 11.0 Å². The lowest BCUT2D eigenvalue weighted by atomic mass is 9.53. The zero-order valence-corrected chi connectivity index (χ0v) is 14.8. The minimum absolute atomic E-state index is 0.122. The van der Waals surface area contributed by atoms with E-state index in [-0.39, 0.29) is 12.1 Å². The Hall–Kier alpha value is -1.77. The van der Waals surface area contributed by atoms with Crippen LogP contribution in [0.3, 0.4) is 0 Å². The molecule has 0 aromatic heterocycles. The molecule has 1 aromatic carbocycles. The first-order valence-corrected chi connectivity index (χ1v) is 9.98. The van der Waals surface area contributed by atoms with Crippen molar-refractivity contribution in [3.05, 3.63) is 47.7 Å². The summed E-state index contributed by atoms with van der Waals surface area (Å²) in [5.74, 6) is 1.42. The highest BCUT2D eigenvalue weighted by Crippen LogP contribution is 2.59. The predicted octanol–water partition coefficient (Wildman–Crippen LogP) is 4.92. The SMILES string of the molecule is O=C1OC[C@@H](Cc2ccccc2)N1C1=C[C@]23CCCC[C@@H]2C[C@H]1CC3. The van der Waals surface area contributed by atoms with Crippen molar-refractivity contribution in [1.82, 2.24) is 4.90 Å². The Balaban J connectivity index is 1.45. The van der Waals surface area contributed by atoms with Gasteiger partial charge in [-0.2, -0.15) is 0 Å². The normalized spacial score (nSPS) is 36.8. The summed E-state index contributed by atoms with van der Waals surface area (Å²) in [6.45, 7) is 0.522. The van der Waals surface area contributed by atoms with Gasteiger partial charge in [0.2, 0.25) is 0 Å². The van der Waals surface area contributed by atoms with Crippen LogP contribution in [-0.4, -0.2) is 23.6 Å². The second kappa shape index (κ2) is 5.89. The second-order valence-corrected chi connectivity index (χ2v) is 8.51. The summed E-state index contributed by atoms with van der Waals surface area (Å²) in [5, 5.41) is 0. The van der Waals surface area contributed by atoms with E-state index in [2.05, 4.69) is 30.3 Å². The molecule has 1 aliphatic heterocycles. The van der Waals surface area contributed by atoms with E-state index in [9.17, 15) is 4.79 Å². The van der Waals surface area contributed by atoms with E-state index < -0.39 is 0 Å². The highest BCUT2D eigenvalue weighted by molar-refractivity contribution is 5.73. The molecule has 4 atom stereocenters. The number of nitrogens with zero attached hydrogens (tertiary/aromatic N) is 1. The highest BCUT2D eigenvalue weighted by Gasteiger charge is 2.51. The van der Waals surface area contributed by atoms with Crippen LogP contribution >= 0.6 is 0 Å². The molecule has 6 rings (SSSR count). The molecule has 132 valence electrons. The molecule has 2 bridgehead atoms. The van der Waals surface area contributed by atoms with Crippen molar-refractivity contribution in [1.29, 1.82) is 0 Å². The summed E-state index contributed by atoms with van der Waals surface area (Å²) < 4.78 is 5.49. The summed E-state index contributed by atoms with van der Waals surface area (Å²) in [6, 6.07) is 10.6. The number of hydrogen-bond acceptors (Lipinski definition) is 2. The molecule has 0 N–H and O–H groups in total. The number of amides is 1. The second-order valence-electron chi connectivity index (χ2n) is 8.51. The van der Waals surface area contributed by atoms with Crippen LogP contribution in [0.1, 0.15) is 50.5 Å². The van der Waals surface area contributed by atoms with Crippen molar-refractivity contribution in [2.24, 2.45) is 17.3 Å². The van der Waals surface area contributed by atoms with Crippen LogP contribution in [0.15, 0.2) is 42.1 Å². The fraction of sp³-hybridized carbons (Fsp3) is 0.591. The van der Waals surface area contributed by atoms with E-state index in [1.54, 1.807) is 0 Å². The Morgan fingerprint density at radius 3 is 2.88 bits per heavy atom. The third kappa shape index (κ3) is 2.51. The van der Waals surface area contributed by atoms with E-state index in [0.717, 1.165) is 12.3 Å². The number of fused-ring (bicyclic) bond motifs is 1. The molecule has 5 aliphatic rings. The molecule has 3 fully saturated rings. The first-order chi connectivity index (χ1) is 12.3. The van der Waals surface area contributed by atoms with Crippen LogP contribution in [0.25, 0.3) is 0 Å². The number of allylic oxidation sites excluding steroid dienone is 2. The first-order valence-electron chi connectivity index (χ1n) is 9.98. The minimum atomic E-state index is -0.122. The maximum Gasteiger partial charge on any atom is 0.414 e. The van der Waals surface area contributed by atoms with E-state index in [0.29, 0.717) is 17.9 Å². The molecular weight excluding hydrogens is 310 g/mol. The fourth-order valence-corrected chi connectivity index (χ4v) is 5.95. The van der Waals surface area contributed by atoms with Gasteiger partial charge in [0.1, 0.15) is 6.61 Å². The number of carbonyl (C=O) groups is 1. The molecule has 1 amide bonds. The quantitative estimate of drug-likeness (QED) is 0.783. The first kappa shape index (κ1) is 15.5. The van der Waals surface area contributed by atoms with Gasteiger partial charge in [0, 0.05) is 5.70 Å². The Morgan fingerprint density at radius 2 is 2.00 bits per heavy atom. The molecule has 3 heteroatoms. The molecule has 25 heavy (non-hydrogen) atoms. The van der Waals surface area contributed by atoms with Crippen LogP contribution in [-0.2, 0) is 11.2 Å². The Labute approximate surface area is 150 Å². The van der Waals surface area contributed by atoms with Crippen LogP contribution < -0.4 is 0 Å². The summed E-state index contributed by atoms with van der Waals surface area (Å²) in [4.78, 5) is 14.6. The molecule has 1 heterocycles. The molecule has 1 saturated heterocycles. The third-order valence-electron chi connectivity index (χ3n) is 7.19. The van der Waals surface area contributed by atoms with Gasteiger partial charge in [0.25, 0.3) is 0 Å². The van der Waals surface area contributed by atoms with Gasteiger partial charge >= 0.3 is 6.09 Å². The lowest BCUT2D eigenvalue weighted by Crippen LogP contribution is -2.48. The minimum Gasteiger partial charge on any atom is -0.447 e. The Morgan fingerprint density at radius 1 is 1.12 bits per heavy atom. The molecule has 1 aromatic rings. The van der Waals surface area contributed by atoms with Gasteiger partial charge in [0.05, 0.1) is 6.04 Å². The molecule has 0 unspecified atom stereocenters. The van der Waals surface area contributed by atoms with Crippen molar-refractivity contribution >= 4 is 6.09 Å². The maximum atomic E-state index is 12.6. The number of carbonyl (C=O) groups excluding carboxylic acids is 1. The average Bonchev–Trinajstić information content (AvgIpc) is 3.02. The zero-order valence-electron chi connectivity index (χ0n) is 14.8. The number of benzene rings is 1. The van der Waals surface area contributed by atoms with Crippen molar-refractivity contribution in [2.45, 2.75) is 57.4 Å². The predicted molar refractivity (Wildman–Crippen MR) is 96.9 cm³/mol. The van der Waals surface area contributed by atoms with Gasteiger partial charge in [0.15, 0.2) is 0 Å². The molecular formula is C22H27NO2. The van der Waals surface area contributed by atoms with E-state index in [4.69, 9.17) is 4.74 Å². The summed E-state index contributed by atoms with van der Waals surface area (Å²) in [6.07, 6.45) is 12.6. The van der Waals surface area contributed by atoms with Crippen molar-refractivity contribution < 1.29 is 9.53 Å². The largest absolute Gasteiger partial charge is 0.447 e. The smallest absolute Gasteiger partial charge is 0.414 e. The van der Waals surface area contributed by atoms with Gasteiger partial charge in [-0.15, -0.1) is 0 Å². The number of ether oxygens (including phenoxy) is 1.